The lowest BCUT2D eigenvalue weighted by Crippen LogP contribution is -2.25. The fourth-order valence-corrected chi connectivity index (χ4v) is 4.82. The van der Waals surface area contributed by atoms with Crippen LogP contribution in [0, 0.1) is 5.92 Å². The maximum absolute atomic E-state index is 13.6. The Bertz CT molecular complexity index is 1360. The number of alkyl halides is 3. The van der Waals surface area contributed by atoms with Gasteiger partial charge in [0.25, 0.3) is 5.56 Å². The number of aryl methyl sites for hydroxylation is 1. The summed E-state index contributed by atoms with van der Waals surface area (Å²) >= 11 is 1.29. The van der Waals surface area contributed by atoms with Crippen LogP contribution in [0.5, 0.6) is 0 Å². The number of hydrogen-bond acceptors (Lipinski definition) is 3. The normalized spacial score (nSPS) is 12.1. The Kier molecular flexibility index (Phi) is 6.89. The molecular weight excluding hydrogens is 459 g/mol. The Hall–Kier alpha value is -3.00. The number of benzene rings is 2. The van der Waals surface area contributed by atoms with Gasteiger partial charge < -0.3 is 4.57 Å². The molecule has 4 aromatic rings. The van der Waals surface area contributed by atoms with Crippen molar-refractivity contribution in [3.05, 3.63) is 82.3 Å². The van der Waals surface area contributed by atoms with E-state index in [0.29, 0.717) is 34.2 Å². The quantitative estimate of drug-likeness (QED) is 0.214. The van der Waals surface area contributed by atoms with Gasteiger partial charge in [0.1, 0.15) is 11.0 Å². The average molecular weight is 486 g/mol. The van der Waals surface area contributed by atoms with Crippen LogP contribution in [0.1, 0.15) is 31.4 Å². The Balaban J connectivity index is 1.79. The van der Waals surface area contributed by atoms with Crippen molar-refractivity contribution >= 4 is 22.8 Å². The highest BCUT2D eigenvalue weighted by Crippen LogP contribution is 2.32. The second-order valence-corrected chi connectivity index (χ2v) is 9.68. The van der Waals surface area contributed by atoms with Gasteiger partial charge in [-0.1, -0.05) is 74.1 Å². The van der Waals surface area contributed by atoms with Gasteiger partial charge in [-0.2, -0.15) is 13.2 Å². The van der Waals surface area contributed by atoms with Crippen LogP contribution in [0.25, 0.3) is 22.2 Å². The van der Waals surface area contributed by atoms with E-state index < -0.39 is 11.7 Å². The number of hydrogen-bond donors (Lipinski definition) is 0. The average Bonchev–Trinajstić information content (AvgIpc) is 3.13. The lowest BCUT2D eigenvalue weighted by Gasteiger charge is -2.14. The summed E-state index contributed by atoms with van der Waals surface area (Å²) in [5.41, 5.74) is 2.64. The van der Waals surface area contributed by atoms with Crippen LogP contribution in [-0.2, 0) is 25.5 Å². The monoisotopic (exact) mass is 485 g/mol. The molecule has 0 bridgehead atoms. The molecule has 4 rings (SSSR count). The lowest BCUT2D eigenvalue weighted by atomic mass is 10.1. The summed E-state index contributed by atoms with van der Waals surface area (Å²) in [6.07, 6.45) is -1.70. The van der Waals surface area contributed by atoms with E-state index in [2.05, 4.69) is 13.8 Å². The molecule has 2 aromatic carbocycles. The van der Waals surface area contributed by atoms with E-state index in [-0.39, 0.29) is 11.3 Å². The van der Waals surface area contributed by atoms with E-state index in [1.165, 1.54) is 17.8 Å². The van der Waals surface area contributed by atoms with Gasteiger partial charge in [0, 0.05) is 31.1 Å². The minimum Gasteiger partial charge on any atom is -0.344 e. The first kappa shape index (κ1) is 24.1. The summed E-state index contributed by atoms with van der Waals surface area (Å²) in [6.45, 7) is 4.67. The number of rotatable bonds is 7. The first-order valence-electron chi connectivity index (χ1n) is 11.1. The summed E-state index contributed by atoms with van der Waals surface area (Å²) in [4.78, 5) is 18.4. The summed E-state index contributed by atoms with van der Waals surface area (Å²) in [7, 11) is 1.83. The molecule has 0 aliphatic heterocycles. The molecule has 0 N–H and O–H groups in total. The molecular formula is C26H26F3N3OS. The van der Waals surface area contributed by atoms with Crippen molar-refractivity contribution < 1.29 is 13.2 Å². The van der Waals surface area contributed by atoms with E-state index in [9.17, 15) is 18.0 Å². The highest BCUT2D eigenvalue weighted by Gasteiger charge is 2.30. The number of halogens is 3. The lowest BCUT2D eigenvalue weighted by molar-refractivity contribution is -0.137. The van der Waals surface area contributed by atoms with Crippen molar-refractivity contribution in [1.29, 1.82) is 0 Å². The van der Waals surface area contributed by atoms with E-state index in [1.807, 2.05) is 43.6 Å². The molecule has 178 valence electrons. The molecule has 2 aromatic heterocycles. The topological polar surface area (TPSA) is 39.8 Å². The second kappa shape index (κ2) is 9.70. The van der Waals surface area contributed by atoms with E-state index in [0.717, 1.165) is 29.7 Å². The van der Waals surface area contributed by atoms with Crippen LogP contribution in [0.15, 0.2) is 70.7 Å². The van der Waals surface area contributed by atoms with Gasteiger partial charge in [-0.25, -0.2) is 4.98 Å². The highest BCUT2D eigenvalue weighted by molar-refractivity contribution is 7.98. The third-order valence-electron chi connectivity index (χ3n) is 5.68. The van der Waals surface area contributed by atoms with Crippen molar-refractivity contribution in [3.63, 3.8) is 0 Å². The first-order valence-corrected chi connectivity index (χ1v) is 12.1. The van der Waals surface area contributed by atoms with E-state index in [1.54, 1.807) is 15.2 Å². The SMILES string of the molecule is CC(C)CCn1c(SCc2cccc(C(F)(F)F)c2)nc2c(-c3ccccc3)cn(C)c2c1=O. The molecule has 0 unspecified atom stereocenters. The summed E-state index contributed by atoms with van der Waals surface area (Å²) in [5, 5.41) is 0.513. The summed E-state index contributed by atoms with van der Waals surface area (Å²) in [5.74, 6) is 0.661. The van der Waals surface area contributed by atoms with Crippen molar-refractivity contribution in [2.75, 3.05) is 0 Å². The zero-order chi connectivity index (χ0) is 24.5. The molecule has 2 heterocycles. The predicted molar refractivity (Wildman–Crippen MR) is 131 cm³/mol. The molecule has 0 saturated carbocycles. The minimum absolute atomic E-state index is 0.137. The van der Waals surface area contributed by atoms with Gasteiger partial charge in [-0.3, -0.25) is 9.36 Å². The van der Waals surface area contributed by atoms with Gasteiger partial charge in [0.2, 0.25) is 0 Å². The maximum Gasteiger partial charge on any atom is 0.416 e. The molecule has 0 spiro atoms. The highest BCUT2D eigenvalue weighted by atomic mass is 32.2. The Labute approximate surface area is 200 Å². The van der Waals surface area contributed by atoms with Gasteiger partial charge in [0.15, 0.2) is 5.16 Å². The van der Waals surface area contributed by atoms with Gasteiger partial charge >= 0.3 is 6.18 Å². The molecule has 0 aliphatic rings. The molecule has 8 heteroatoms. The molecule has 4 nitrogen and oxygen atoms in total. The number of thioether (sulfide) groups is 1. The molecule has 34 heavy (non-hydrogen) atoms. The zero-order valence-corrected chi connectivity index (χ0v) is 20.1. The van der Waals surface area contributed by atoms with Crippen LogP contribution in [0.2, 0.25) is 0 Å². The summed E-state index contributed by atoms with van der Waals surface area (Å²) < 4.78 is 42.9. The number of fused-ring (bicyclic) bond motifs is 1. The van der Waals surface area contributed by atoms with Crippen LogP contribution >= 0.6 is 11.8 Å². The van der Waals surface area contributed by atoms with Gasteiger partial charge in [-0.05, 0) is 29.5 Å². The fraction of sp³-hybridized carbons (Fsp3) is 0.308. The first-order chi connectivity index (χ1) is 16.1. The predicted octanol–water partition coefficient (Wildman–Crippen LogP) is 6.76. The van der Waals surface area contributed by atoms with Crippen LogP contribution < -0.4 is 5.56 Å². The van der Waals surface area contributed by atoms with Crippen LogP contribution in [-0.4, -0.2) is 14.1 Å². The third-order valence-corrected chi connectivity index (χ3v) is 6.73. The van der Waals surface area contributed by atoms with Gasteiger partial charge in [0.05, 0.1) is 5.56 Å². The molecule has 0 amide bonds. The molecule has 0 fully saturated rings. The minimum atomic E-state index is -4.40. The molecule has 0 saturated heterocycles. The van der Waals surface area contributed by atoms with Crippen molar-refractivity contribution in [3.8, 4) is 11.1 Å². The standard InChI is InChI=1S/C26H26F3N3OS/c1-17(2)12-13-32-24(33)23-22(21(15-31(23)3)19-9-5-4-6-10-19)30-25(32)34-16-18-8-7-11-20(14-18)26(27,28)29/h4-11,14-15,17H,12-13,16H2,1-3H3. The van der Waals surface area contributed by atoms with E-state index >= 15 is 0 Å². The third kappa shape index (κ3) is 5.06. The van der Waals surface area contributed by atoms with E-state index in [4.69, 9.17) is 4.98 Å². The Morgan fingerprint density at radius 2 is 1.79 bits per heavy atom. The summed E-state index contributed by atoms with van der Waals surface area (Å²) in [6, 6.07) is 15.0. The van der Waals surface area contributed by atoms with Crippen molar-refractivity contribution in [1.82, 2.24) is 14.1 Å². The number of nitrogens with zero attached hydrogens (tertiary/aromatic N) is 3. The van der Waals surface area contributed by atoms with Gasteiger partial charge in [-0.15, -0.1) is 0 Å². The van der Waals surface area contributed by atoms with Crippen molar-refractivity contribution in [2.45, 2.75) is 43.9 Å². The van der Waals surface area contributed by atoms with Crippen LogP contribution in [0.4, 0.5) is 13.2 Å². The van der Waals surface area contributed by atoms with Crippen LogP contribution in [0.3, 0.4) is 0 Å². The maximum atomic E-state index is 13.6. The fourth-order valence-electron chi connectivity index (χ4n) is 3.86. The smallest absolute Gasteiger partial charge is 0.344 e. The number of aromatic nitrogens is 3. The molecule has 0 aliphatic carbocycles. The zero-order valence-electron chi connectivity index (χ0n) is 19.3. The second-order valence-electron chi connectivity index (χ2n) is 8.74. The largest absolute Gasteiger partial charge is 0.416 e. The Morgan fingerprint density at radius 3 is 2.47 bits per heavy atom. The molecule has 0 atom stereocenters. The molecule has 0 radical (unpaired) electrons. The van der Waals surface area contributed by atoms with Crippen molar-refractivity contribution in [2.24, 2.45) is 13.0 Å². The Morgan fingerprint density at radius 1 is 1.06 bits per heavy atom.